The van der Waals surface area contributed by atoms with Crippen LogP contribution in [0.4, 0.5) is 0 Å². The minimum Gasteiger partial charge on any atom is -0.214 e. The van der Waals surface area contributed by atoms with Gasteiger partial charge >= 0.3 is 0 Å². The zero-order chi connectivity index (χ0) is 14.7. The molecule has 0 aromatic heterocycles. The van der Waals surface area contributed by atoms with Crippen molar-refractivity contribution in [3.8, 4) is 0 Å². The summed E-state index contributed by atoms with van der Waals surface area (Å²) in [5.41, 5.74) is 0. The molecule has 0 bridgehead atoms. The highest BCUT2D eigenvalue weighted by Crippen LogP contribution is 2.15. The third kappa shape index (κ3) is 4.00. The van der Waals surface area contributed by atoms with E-state index in [0.29, 0.717) is 6.42 Å². The minimum atomic E-state index is -3.70. The van der Waals surface area contributed by atoms with Crippen molar-refractivity contribution >= 4 is 20.0 Å². The van der Waals surface area contributed by atoms with E-state index in [2.05, 4.69) is 9.44 Å². The van der Waals surface area contributed by atoms with E-state index in [1.165, 1.54) is 25.2 Å². The van der Waals surface area contributed by atoms with E-state index in [-0.39, 0.29) is 15.8 Å². The van der Waals surface area contributed by atoms with E-state index in [1.54, 1.807) is 6.92 Å². The fourth-order valence-electron chi connectivity index (χ4n) is 1.34. The van der Waals surface area contributed by atoms with Gasteiger partial charge in [0.05, 0.1) is 9.79 Å². The summed E-state index contributed by atoms with van der Waals surface area (Å²) in [4.78, 5) is -0.147. The molecule has 0 heterocycles. The summed E-state index contributed by atoms with van der Waals surface area (Å²) in [6.07, 6.45) is 0.647. The second-order valence-electron chi connectivity index (χ2n) is 4.11. The van der Waals surface area contributed by atoms with Gasteiger partial charge in [0.1, 0.15) is 0 Å². The molecule has 0 radical (unpaired) electrons. The Morgan fingerprint density at radius 2 is 1.63 bits per heavy atom. The van der Waals surface area contributed by atoms with Gasteiger partial charge in [-0.2, -0.15) is 0 Å². The van der Waals surface area contributed by atoms with Gasteiger partial charge in [-0.1, -0.05) is 13.0 Å². The van der Waals surface area contributed by atoms with Crippen LogP contribution < -0.4 is 9.44 Å². The largest absolute Gasteiger partial charge is 0.240 e. The molecule has 1 aromatic carbocycles. The smallest absolute Gasteiger partial charge is 0.214 e. The standard InChI is InChI=1S/C11H18N2O4S2/c1-4-9(2)13-19(16,17)11-7-5-6-10(8-11)18(14,15)12-3/h5-9,12-13H,4H2,1-3H3/t9-/m0/s1. The summed E-state index contributed by atoms with van der Waals surface area (Å²) in [6.45, 7) is 3.60. The van der Waals surface area contributed by atoms with Crippen molar-refractivity contribution in [2.45, 2.75) is 36.1 Å². The van der Waals surface area contributed by atoms with Crippen LogP contribution in [0.2, 0.25) is 0 Å². The van der Waals surface area contributed by atoms with E-state index in [4.69, 9.17) is 0 Å². The molecule has 108 valence electrons. The number of rotatable bonds is 6. The van der Waals surface area contributed by atoms with Gasteiger partial charge < -0.3 is 0 Å². The van der Waals surface area contributed by atoms with E-state index >= 15 is 0 Å². The highest BCUT2D eigenvalue weighted by atomic mass is 32.2. The molecule has 0 amide bonds. The average molecular weight is 306 g/mol. The molecule has 0 saturated heterocycles. The third-order valence-corrected chi connectivity index (χ3v) is 5.66. The number of sulfonamides is 2. The summed E-state index contributed by atoms with van der Waals surface area (Å²) in [5, 5.41) is 0. The highest BCUT2D eigenvalue weighted by Gasteiger charge is 2.19. The van der Waals surface area contributed by atoms with Gasteiger partial charge in [-0.05, 0) is 38.6 Å². The molecule has 8 heteroatoms. The van der Waals surface area contributed by atoms with Crippen molar-refractivity contribution in [3.05, 3.63) is 24.3 Å². The molecular weight excluding hydrogens is 288 g/mol. The molecule has 1 atom stereocenters. The van der Waals surface area contributed by atoms with Gasteiger partial charge in [0.15, 0.2) is 0 Å². The first-order valence-corrected chi connectivity index (χ1v) is 8.75. The molecule has 1 aromatic rings. The van der Waals surface area contributed by atoms with Crippen LogP contribution in [0.3, 0.4) is 0 Å². The lowest BCUT2D eigenvalue weighted by Gasteiger charge is -2.12. The summed E-state index contributed by atoms with van der Waals surface area (Å²) in [5.74, 6) is 0. The van der Waals surface area contributed by atoms with Crippen molar-refractivity contribution in [2.75, 3.05) is 7.05 Å². The summed E-state index contributed by atoms with van der Waals surface area (Å²) in [7, 11) is -6.09. The topological polar surface area (TPSA) is 92.3 Å². The van der Waals surface area contributed by atoms with Crippen LogP contribution in [0.15, 0.2) is 34.1 Å². The molecule has 0 aliphatic carbocycles. The SMILES string of the molecule is CC[C@H](C)NS(=O)(=O)c1cccc(S(=O)(=O)NC)c1. The van der Waals surface area contributed by atoms with Gasteiger partial charge in [-0.15, -0.1) is 0 Å². The molecule has 0 spiro atoms. The van der Waals surface area contributed by atoms with Gasteiger partial charge in [-0.3, -0.25) is 0 Å². The lowest BCUT2D eigenvalue weighted by Crippen LogP contribution is -2.32. The van der Waals surface area contributed by atoms with Crippen LogP contribution in [0.5, 0.6) is 0 Å². The number of benzene rings is 1. The Hall–Kier alpha value is -0.960. The molecule has 6 nitrogen and oxygen atoms in total. The Morgan fingerprint density at radius 3 is 2.11 bits per heavy atom. The third-order valence-electron chi connectivity index (χ3n) is 2.66. The second-order valence-corrected chi connectivity index (χ2v) is 7.71. The Labute approximate surface area is 114 Å². The Balaban J connectivity index is 3.20. The van der Waals surface area contributed by atoms with Gasteiger partial charge in [0.2, 0.25) is 20.0 Å². The Bertz CT molecular complexity index is 638. The van der Waals surface area contributed by atoms with Crippen LogP contribution in [-0.4, -0.2) is 29.9 Å². The molecule has 2 N–H and O–H groups in total. The van der Waals surface area contributed by atoms with Crippen molar-refractivity contribution in [2.24, 2.45) is 0 Å². The van der Waals surface area contributed by atoms with Crippen LogP contribution in [0.25, 0.3) is 0 Å². The predicted octanol–water partition coefficient (Wildman–Crippen LogP) is 0.671. The lowest BCUT2D eigenvalue weighted by molar-refractivity contribution is 0.555. The maximum Gasteiger partial charge on any atom is 0.240 e. The highest BCUT2D eigenvalue weighted by molar-refractivity contribution is 7.90. The first kappa shape index (κ1) is 16.1. The minimum absolute atomic E-state index is 0.0656. The van der Waals surface area contributed by atoms with Crippen molar-refractivity contribution in [1.29, 1.82) is 0 Å². The molecule has 0 saturated carbocycles. The Morgan fingerprint density at radius 1 is 1.11 bits per heavy atom. The van der Waals surface area contributed by atoms with Crippen LogP contribution in [0, 0.1) is 0 Å². The second kappa shape index (κ2) is 6.00. The fraction of sp³-hybridized carbons (Fsp3) is 0.455. The molecule has 0 unspecified atom stereocenters. The van der Waals surface area contributed by atoms with Crippen LogP contribution in [-0.2, 0) is 20.0 Å². The molecule has 19 heavy (non-hydrogen) atoms. The van der Waals surface area contributed by atoms with Crippen molar-refractivity contribution < 1.29 is 16.8 Å². The maximum absolute atomic E-state index is 12.0. The number of hydrogen-bond donors (Lipinski definition) is 2. The first-order chi connectivity index (χ1) is 8.73. The quantitative estimate of drug-likeness (QED) is 0.808. The van der Waals surface area contributed by atoms with Gasteiger partial charge in [-0.25, -0.2) is 26.3 Å². The first-order valence-electron chi connectivity index (χ1n) is 5.79. The summed E-state index contributed by atoms with van der Waals surface area (Å²) < 4.78 is 52.0. The molecule has 1 rings (SSSR count). The maximum atomic E-state index is 12.0. The predicted molar refractivity (Wildman–Crippen MR) is 72.8 cm³/mol. The van der Waals surface area contributed by atoms with E-state index in [1.807, 2.05) is 6.92 Å². The zero-order valence-electron chi connectivity index (χ0n) is 11.0. The van der Waals surface area contributed by atoms with Crippen molar-refractivity contribution in [3.63, 3.8) is 0 Å². The average Bonchev–Trinajstić information content (AvgIpc) is 2.38. The fourth-order valence-corrected chi connectivity index (χ4v) is 3.57. The molecule has 0 aliphatic rings. The van der Waals surface area contributed by atoms with E-state index in [9.17, 15) is 16.8 Å². The molecule has 0 aliphatic heterocycles. The van der Waals surface area contributed by atoms with E-state index < -0.39 is 20.0 Å². The molecular formula is C11H18N2O4S2. The zero-order valence-corrected chi connectivity index (χ0v) is 12.7. The van der Waals surface area contributed by atoms with Crippen molar-refractivity contribution in [1.82, 2.24) is 9.44 Å². The van der Waals surface area contributed by atoms with Gasteiger partial charge in [0.25, 0.3) is 0 Å². The lowest BCUT2D eigenvalue weighted by atomic mass is 10.3. The normalized spacial score (nSPS) is 14.3. The Kier molecular flexibility index (Phi) is 5.08. The summed E-state index contributed by atoms with van der Waals surface area (Å²) >= 11 is 0. The monoisotopic (exact) mass is 306 g/mol. The summed E-state index contributed by atoms with van der Waals surface area (Å²) in [6, 6.07) is 5.02. The van der Waals surface area contributed by atoms with Gasteiger partial charge in [0, 0.05) is 6.04 Å². The van der Waals surface area contributed by atoms with Crippen LogP contribution in [0.1, 0.15) is 20.3 Å². The van der Waals surface area contributed by atoms with Crippen LogP contribution >= 0.6 is 0 Å². The van der Waals surface area contributed by atoms with E-state index in [0.717, 1.165) is 6.07 Å². The number of hydrogen-bond acceptors (Lipinski definition) is 4. The molecule has 0 fully saturated rings. The number of nitrogens with one attached hydrogen (secondary N) is 2.